The molecule has 3 N–H and O–H groups in total. The molecule has 0 spiro atoms. The Hall–Kier alpha value is -0.110. The largest absolute Gasteiger partial charge is 1.00 e. The quantitative estimate of drug-likeness (QED) is 0.222. The van der Waals surface area contributed by atoms with Crippen molar-refractivity contribution in [3.8, 4) is 0 Å². The van der Waals surface area contributed by atoms with Gasteiger partial charge in [-0.2, -0.15) is 4.76 Å². The van der Waals surface area contributed by atoms with Crippen LogP contribution in [-0.4, -0.2) is 42.1 Å². The Bertz CT molecular complexity index is 311. The number of nitrogens with two attached hydrogens (primary N) is 1. The molecule has 0 radical (unpaired) electrons. The van der Waals surface area contributed by atoms with E-state index in [0.717, 1.165) is 4.90 Å². The smallest absolute Gasteiger partial charge is 0.760 e. The van der Waals surface area contributed by atoms with Crippen LogP contribution in [0.5, 0.6) is 0 Å². The molecule has 16 heavy (non-hydrogen) atoms. The Morgan fingerprint density at radius 2 is 2.19 bits per heavy atom. The van der Waals surface area contributed by atoms with E-state index in [4.69, 9.17) is 10.8 Å². The molecule has 0 aliphatic carbocycles. The molecule has 0 amide bonds. The Morgan fingerprint density at radius 3 is 2.56 bits per heavy atom. The monoisotopic (exact) mass is 261 g/mol. The van der Waals surface area contributed by atoms with Crippen molar-refractivity contribution in [2.45, 2.75) is 6.92 Å². The van der Waals surface area contributed by atoms with Crippen molar-refractivity contribution in [2.24, 2.45) is 10.5 Å². The van der Waals surface area contributed by atoms with Gasteiger partial charge in [0.25, 0.3) is 7.75 Å². The van der Waals surface area contributed by atoms with Gasteiger partial charge in [-0.1, -0.05) is 0 Å². The third kappa shape index (κ3) is 8.09. The predicted molar refractivity (Wildman–Crippen MR) is 51.1 cm³/mol. The number of carboxylic acid groups (broad SMARTS) is 1. The van der Waals surface area contributed by atoms with Crippen molar-refractivity contribution >= 4 is 19.7 Å². The number of carboxylic acids is 1. The van der Waals surface area contributed by atoms with E-state index >= 15 is 0 Å². The number of likely N-dealkylation sites (N-methyl/N-ethyl adjacent to an activating group) is 1. The summed E-state index contributed by atoms with van der Waals surface area (Å²) in [6.45, 7) is 0.985. The SMILES string of the molecule is CCOP(=O)([O-])N=C(N)N(C)CC(=O)O.[Na+]. The summed E-state index contributed by atoms with van der Waals surface area (Å²) in [4.78, 5) is 22.2. The summed E-state index contributed by atoms with van der Waals surface area (Å²) >= 11 is 0. The minimum Gasteiger partial charge on any atom is -0.760 e. The first-order chi connectivity index (χ1) is 6.78. The number of nitrogens with zero attached hydrogens (tertiary/aromatic N) is 2. The number of carbonyl (C=O) groups is 1. The molecule has 0 bridgehead atoms. The first-order valence-electron chi connectivity index (χ1n) is 4.02. The van der Waals surface area contributed by atoms with Crippen LogP contribution in [0.1, 0.15) is 6.92 Å². The molecule has 8 nitrogen and oxygen atoms in total. The maximum atomic E-state index is 11.0. The van der Waals surface area contributed by atoms with Crippen LogP contribution in [0, 0.1) is 0 Å². The normalized spacial score (nSPS) is 14.8. The molecule has 0 rings (SSSR count). The van der Waals surface area contributed by atoms with Gasteiger partial charge < -0.3 is 25.2 Å². The van der Waals surface area contributed by atoms with Crippen LogP contribution < -0.4 is 40.2 Å². The maximum absolute atomic E-state index is 11.0. The minimum atomic E-state index is -4.37. The van der Waals surface area contributed by atoms with E-state index in [1.807, 2.05) is 0 Å². The fraction of sp³-hybridized carbons (Fsp3) is 0.667. The summed E-state index contributed by atoms with van der Waals surface area (Å²) in [5.74, 6) is -1.57. The Kier molecular flexibility index (Phi) is 9.19. The summed E-state index contributed by atoms with van der Waals surface area (Å²) in [7, 11) is -3.06. The van der Waals surface area contributed by atoms with Crippen molar-refractivity contribution in [3.63, 3.8) is 0 Å². The first-order valence-corrected chi connectivity index (χ1v) is 5.52. The van der Waals surface area contributed by atoms with Crippen LogP contribution >= 0.6 is 7.75 Å². The molecule has 88 valence electrons. The molecule has 0 fully saturated rings. The molecule has 0 saturated heterocycles. The van der Waals surface area contributed by atoms with Crippen LogP contribution in [0.15, 0.2) is 4.76 Å². The third-order valence-corrected chi connectivity index (χ3v) is 2.32. The minimum absolute atomic E-state index is 0. The molecule has 0 aromatic heterocycles. The molecule has 0 aromatic carbocycles. The van der Waals surface area contributed by atoms with Crippen molar-refractivity contribution in [2.75, 3.05) is 20.2 Å². The van der Waals surface area contributed by atoms with Gasteiger partial charge in [-0.15, -0.1) is 0 Å². The Labute approximate surface area is 115 Å². The summed E-state index contributed by atoms with van der Waals surface area (Å²) in [5.41, 5.74) is 5.24. The van der Waals surface area contributed by atoms with E-state index < -0.39 is 26.2 Å². The van der Waals surface area contributed by atoms with Crippen LogP contribution in [0.25, 0.3) is 0 Å². The van der Waals surface area contributed by atoms with Crippen molar-refractivity contribution in [1.82, 2.24) is 4.90 Å². The number of guanidine groups is 1. The summed E-state index contributed by atoms with van der Waals surface area (Å²) in [5, 5.41) is 8.40. The molecule has 1 unspecified atom stereocenters. The predicted octanol–water partition coefficient (Wildman–Crippen LogP) is -4.17. The average Bonchev–Trinajstić information content (AvgIpc) is 2.01. The fourth-order valence-corrected chi connectivity index (χ4v) is 1.47. The number of hydrogen-bond acceptors (Lipinski definition) is 4. The second-order valence-corrected chi connectivity index (χ2v) is 3.99. The molecule has 1 atom stereocenters. The second kappa shape index (κ2) is 8.05. The standard InChI is InChI=1S/C6H14N3O5P.Na/c1-3-14-15(12,13)8-6(7)9(2)4-5(10)11;/h3-4H2,1-2H3,(H,10,11)(H3,7,8,12,13);/q;+1/p-1. The van der Waals surface area contributed by atoms with E-state index in [9.17, 15) is 14.3 Å². The first kappa shape index (κ1) is 18.3. The Morgan fingerprint density at radius 1 is 1.69 bits per heavy atom. The molecule has 0 aliphatic rings. The zero-order valence-electron chi connectivity index (χ0n) is 9.41. The van der Waals surface area contributed by atoms with Crippen LogP contribution in [-0.2, 0) is 13.9 Å². The van der Waals surface area contributed by atoms with Gasteiger partial charge >= 0.3 is 35.5 Å². The number of aliphatic carboxylic acids is 1. The maximum Gasteiger partial charge on any atom is 1.00 e. The van der Waals surface area contributed by atoms with Crippen LogP contribution in [0.2, 0.25) is 0 Å². The van der Waals surface area contributed by atoms with E-state index in [1.54, 1.807) is 0 Å². The van der Waals surface area contributed by atoms with Gasteiger partial charge in [-0.05, 0) is 6.92 Å². The van der Waals surface area contributed by atoms with Crippen molar-refractivity contribution < 1.29 is 53.4 Å². The summed E-state index contributed by atoms with van der Waals surface area (Å²) in [6, 6.07) is 0. The zero-order valence-corrected chi connectivity index (χ0v) is 12.3. The number of hydrogen-bond donors (Lipinski definition) is 2. The van der Waals surface area contributed by atoms with Gasteiger partial charge in [-0.3, -0.25) is 9.36 Å². The average molecular weight is 261 g/mol. The Balaban J connectivity index is 0. The molecule has 0 aromatic rings. The van der Waals surface area contributed by atoms with Gasteiger partial charge in [-0.25, -0.2) is 0 Å². The molecular formula is C6H13N3NaO5P. The van der Waals surface area contributed by atoms with Gasteiger partial charge in [0.05, 0.1) is 6.61 Å². The van der Waals surface area contributed by atoms with Crippen LogP contribution in [0.4, 0.5) is 0 Å². The van der Waals surface area contributed by atoms with Crippen molar-refractivity contribution in [1.29, 1.82) is 0 Å². The fourth-order valence-electron chi connectivity index (χ4n) is 0.678. The number of rotatable bonds is 5. The molecule has 0 heterocycles. The molecule has 0 aliphatic heterocycles. The third-order valence-electron chi connectivity index (χ3n) is 1.28. The zero-order chi connectivity index (χ0) is 12.1. The van der Waals surface area contributed by atoms with Crippen LogP contribution in [0.3, 0.4) is 0 Å². The summed E-state index contributed by atoms with van der Waals surface area (Å²) in [6.07, 6.45) is 0. The van der Waals surface area contributed by atoms with Gasteiger partial charge in [0.2, 0.25) is 0 Å². The van der Waals surface area contributed by atoms with Gasteiger partial charge in [0.1, 0.15) is 6.54 Å². The summed E-state index contributed by atoms with van der Waals surface area (Å²) < 4.78 is 18.4. The van der Waals surface area contributed by atoms with Gasteiger partial charge in [0.15, 0.2) is 5.96 Å². The molecule has 0 saturated carbocycles. The van der Waals surface area contributed by atoms with E-state index in [-0.39, 0.29) is 36.2 Å². The molecule has 10 heteroatoms. The molecular weight excluding hydrogens is 248 g/mol. The van der Waals surface area contributed by atoms with E-state index in [1.165, 1.54) is 14.0 Å². The van der Waals surface area contributed by atoms with Crippen molar-refractivity contribution in [3.05, 3.63) is 0 Å². The van der Waals surface area contributed by atoms with E-state index in [0.29, 0.717) is 0 Å². The van der Waals surface area contributed by atoms with Gasteiger partial charge in [0, 0.05) is 7.05 Å². The topological polar surface area (TPSA) is 128 Å². The van der Waals surface area contributed by atoms with E-state index in [2.05, 4.69) is 9.29 Å². The second-order valence-electron chi connectivity index (χ2n) is 2.59.